The molecule has 1 aromatic rings. The summed E-state index contributed by atoms with van der Waals surface area (Å²) in [6.07, 6.45) is 0.920. The van der Waals surface area contributed by atoms with Crippen LogP contribution in [0.1, 0.15) is 25.0 Å². The number of carbonyl (C=O) groups is 3. The second kappa shape index (κ2) is 5.53. The predicted molar refractivity (Wildman–Crippen MR) is 78.8 cm³/mol. The van der Waals surface area contributed by atoms with Crippen LogP contribution >= 0.6 is 0 Å². The topological polar surface area (TPSA) is 62.1 Å². The molecule has 0 radical (unpaired) electrons. The van der Waals surface area contributed by atoms with Gasteiger partial charge in [0.15, 0.2) is 6.67 Å². The monoisotopic (exact) mass is 302 g/mol. The average Bonchev–Trinajstić information content (AvgIpc) is 2.71. The number of rotatable bonds is 3. The van der Waals surface area contributed by atoms with Gasteiger partial charge in [-0.15, -0.1) is 0 Å². The molecule has 0 saturated carbocycles. The van der Waals surface area contributed by atoms with Crippen LogP contribution in [0.2, 0.25) is 0 Å². The summed E-state index contributed by atoms with van der Waals surface area (Å²) in [5, 5.41) is 0. The molecule has 3 rings (SSSR count). The number of quaternary nitrogens is 1. The van der Waals surface area contributed by atoms with Crippen molar-refractivity contribution in [1.29, 1.82) is 0 Å². The maximum atomic E-state index is 12.3. The van der Waals surface area contributed by atoms with Crippen molar-refractivity contribution in [1.82, 2.24) is 9.80 Å². The summed E-state index contributed by atoms with van der Waals surface area (Å²) in [6, 6.07) is 7.42. The molecule has 1 fully saturated rings. The Morgan fingerprint density at radius 2 is 1.77 bits per heavy atom. The zero-order valence-electron chi connectivity index (χ0n) is 12.8. The maximum Gasteiger partial charge on any atom is 0.338 e. The molecule has 1 aromatic carbocycles. The number of hydrogen-bond donors (Lipinski definition) is 1. The van der Waals surface area contributed by atoms with Gasteiger partial charge in [-0.1, -0.05) is 24.3 Å². The summed E-state index contributed by atoms with van der Waals surface area (Å²) < 4.78 is 0. The molecular weight excluding hydrogens is 282 g/mol. The lowest BCUT2D eigenvalue weighted by atomic mass is 10.0. The molecule has 6 heteroatoms. The Morgan fingerprint density at radius 1 is 1.09 bits per heavy atom. The van der Waals surface area contributed by atoms with Crippen molar-refractivity contribution >= 4 is 17.8 Å². The zero-order valence-corrected chi connectivity index (χ0v) is 12.8. The lowest BCUT2D eigenvalue weighted by Gasteiger charge is -2.28. The van der Waals surface area contributed by atoms with Crippen molar-refractivity contribution in [2.45, 2.75) is 32.9 Å². The van der Waals surface area contributed by atoms with E-state index in [2.05, 4.69) is 12.1 Å². The number of benzene rings is 1. The third-order valence-corrected chi connectivity index (χ3v) is 4.29. The van der Waals surface area contributed by atoms with Crippen LogP contribution in [-0.4, -0.2) is 46.9 Å². The summed E-state index contributed by atoms with van der Waals surface area (Å²) in [5.74, 6) is -1.41. The van der Waals surface area contributed by atoms with Gasteiger partial charge in [-0.25, -0.2) is 9.69 Å². The number of carbonyl (C=O) groups excluding carboxylic acids is 3. The molecular formula is C16H20N3O3+. The van der Waals surface area contributed by atoms with Crippen molar-refractivity contribution in [3.63, 3.8) is 0 Å². The third-order valence-electron chi connectivity index (χ3n) is 4.29. The fraction of sp³-hybridized carbons (Fsp3) is 0.438. The van der Waals surface area contributed by atoms with Crippen molar-refractivity contribution in [3.05, 3.63) is 35.4 Å². The van der Waals surface area contributed by atoms with Crippen LogP contribution in [0.3, 0.4) is 0 Å². The minimum absolute atomic E-state index is 0.251. The second-order valence-electron chi connectivity index (χ2n) is 6.14. The molecule has 2 heterocycles. The second-order valence-corrected chi connectivity index (χ2v) is 6.14. The van der Waals surface area contributed by atoms with E-state index >= 15 is 0 Å². The Hall–Kier alpha value is -2.21. The largest absolute Gasteiger partial charge is 0.338 e. The van der Waals surface area contributed by atoms with Crippen molar-refractivity contribution in [2.24, 2.45) is 0 Å². The molecule has 22 heavy (non-hydrogen) atoms. The van der Waals surface area contributed by atoms with Gasteiger partial charge in [-0.3, -0.25) is 14.5 Å². The van der Waals surface area contributed by atoms with Crippen LogP contribution in [0.15, 0.2) is 24.3 Å². The van der Waals surface area contributed by atoms with E-state index in [1.807, 2.05) is 12.1 Å². The standard InChI is InChI=1S/C16H19N3O3/c1-11(2)19-15(21)14(20)18(16(19)22)10-17-8-7-12-5-3-4-6-13(12)9-17/h3-6,11H,7-10H2,1-2H3/p+1. The zero-order chi connectivity index (χ0) is 15.9. The van der Waals surface area contributed by atoms with Gasteiger partial charge < -0.3 is 4.90 Å². The van der Waals surface area contributed by atoms with Gasteiger partial charge in [0.05, 0.1) is 6.54 Å². The number of hydrogen-bond acceptors (Lipinski definition) is 3. The van der Waals surface area contributed by atoms with E-state index in [1.54, 1.807) is 13.8 Å². The smallest absolute Gasteiger partial charge is 0.313 e. The van der Waals surface area contributed by atoms with Gasteiger partial charge in [-0.05, 0) is 19.4 Å². The minimum atomic E-state index is -0.711. The summed E-state index contributed by atoms with van der Waals surface area (Å²) >= 11 is 0. The Morgan fingerprint density at radius 3 is 2.41 bits per heavy atom. The molecule has 2 aliphatic rings. The Labute approximate surface area is 129 Å². The minimum Gasteiger partial charge on any atom is -0.313 e. The SMILES string of the molecule is CC(C)N1C(=O)C(=O)N(C[NH+]2CCc3ccccc3C2)C1=O. The molecule has 0 aromatic heterocycles. The number of nitrogens with one attached hydrogen (secondary N) is 1. The van der Waals surface area contributed by atoms with E-state index in [9.17, 15) is 14.4 Å². The molecule has 1 N–H and O–H groups in total. The number of imide groups is 2. The fourth-order valence-electron chi connectivity index (χ4n) is 3.12. The number of fused-ring (bicyclic) bond motifs is 1. The number of amides is 4. The predicted octanol–water partition coefficient (Wildman–Crippen LogP) is -0.216. The Bertz CT molecular complexity index is 641. The van der Waals surface area contributed by atoms with Crippen LogP contribution in [0.4, 0.5) is 4.79 Å². The molecule has 0 aliphatic carbocycles. The van der Waals surface area contributed by atoms with E-state index in [1.165, 1.54) is 11.1 Å². The normalized spacial score (nSPS) is 21.8. The molecule has 1 saturated heterocycles. The van der Waals surface area contributed by atoms with Gasteiger partial charge in [0.25, 0.3) is 0 Å². The number of urea groups is 1. The van der Waals surface area contributed by atoms with Gasteiger partial charge in [-0.2, -0.15) is 0 Å². The third kappa shape index (κ3) is 2.39. The van der Waals surface area contributed by atoms with Crippen LogP contribution in [0, 0.1) is 0 Å². The van der Waals surface area contributed by atoms with Gasteiger partial charge in [0.1, 0.15) is 6.54 Å². The van der Waals surface area contributed by atoms with Crippen LogP contribution < -0.4 is 4.90 Å². The van der Waals surface area contributed by atoms with E-state index in [0.717, 1.165) is 34.2 Å². The van der Waals surface area contributed by atoms with Crippen LogP contribution in [-0.2, 0) is 22.6 Å². The van der Waals surface area contributed by atoms with E-state index in [0.29, 0.717) is 0 Å². The fourth-order valence-corrected chi connectivity index (χ4v) is 3.12. The van der Waals surface area contributed by atoms with E-state index in [4.69, 9.17) is 0 Å². The molecule has 4 amide bonds. The summed E-state index contributed by atoms with van der Waals surface area (Å²) in [5.41, 5.74) is 2.57. The first kappa shape index (κ1) is 14.7. The van der Waals surface area contributed by atoms with E-state index < -0.39 is 17.8 Å². The van der Waals surface area contributed by atoms with Crippen LogP contribution in [0.25, 0.3) is 0 Å². The first-order valence-electron chi connectivity index (χ1n) is 7.58. The lowest BCUT2D eigenvalue weighted by Crippen LogP contribution is -3.13. The molecule has 6 nitrogen and oxygen atoms in total. The maximum absolute atomic E-state index is 12.3. The van der Waals surface area contributed by atoms with E-state index in [-0.39, 0.29) is 12.7 Å². The number of nitrogens with zero attached hydrogens (tertiary/aromatic N) is 2. The van der Waals surface area contributed by atoms with Gasteiger partial charge in [0, 0.05) is 18.0 Å². The molecule has 1 atom stereocenters. The Kier molecular flexibility index (Phi) is 3.70. The van der Waals surface area contributed by atoms with Crippen molar-refractivity contribution in [2.75, 3.05) is 13.2 Å². The van der Waals surface area contributed by atoms with Crippen molar-refractivity contribution < 1.29 is 19.3 Å². The molecule has 116 valence electrons. The van der Waals surface area contributed by atoms with Gasteiger partial charge >= 0.3 is 17.8 Å². The summed E-state index contributed by atoms with van der Waals surface area (Å²) in [6.45, 7) is 5.33. The highest BCUT2D eigenvalue weighted by molar-refractivity contribution is 6.44. The first-order valence-corrected chi connectivity index (χ1v) is 7.58. The highest BCUT2D eigenvalue weighted by atomic mass is 16.2. The molecule has 2 aliphatic heterocycles. The lowest BCUT2D eigenvalue weighted by molar-refractivity contribution is -0.923. The quantitative estimate of drug-likeness (QED) is 0.620. The Balaban J connectivity index is 1.73. The molecule has 0 spiro atoms. The van der Waals surface area contributed by atoms with Gasteiger partial charge in [0.2, 0.25) is 0 Å². The summed E-state index contributed by atoms with van der Waals surface area (Å²) in [4.78, 5) is 39.5. The van der Waals surface area contributed by atoms with Crippen molar-refractivity contribution in [3.8, 4) is 0 Å². The summed E-state index contributed by atoms with van der Waals surface area (Å²) in [7, 11) is 0. The molecule has 1 unspecified atom stereocenters. The molecule has 0 bridgehead atoms. The average molecular weight is 302 g/mol. The highest BCUT2D eigenvalue weighted by Crippen LogP contribution is 2.15. The van der Waals surface area contributed by atoms with Crippen LogP contribution in [0.5, 0.6) is 0 Å². The first-order chi connectivity index (χ1) is 10.5. The highest BCUT2D eigenvalue weighted by Gasteiger charge is 2.47.